The third kappa shape index (κ3) is 6.58. The lowest BCUT2D eigenvalue weighted by molar-refractivity contribution is 0.0203. The second-order valence-electron chi connectivity index (χ2n) is 7.68. The molecule has 9 heteroatoms. The standard InChI is InChI=1S/C21H34N4O4S/c1-22-21(23-10-4-13-29-17-18-8-14-28-15-9-18)24-11-16-30(26,27)25-12-7-19-5-2-3-6-20(19)25/h2-3,5-6,18H,4,7-17H2,1H3,(H2,22,23,24). The van der Waals surface area contributed by atoms with Gasteiger partial charge in [-0.1, -0.05) is 18.2 Å². The highest BCUT2D eigenvalue weighted by Gasteiger charge is 2.28. The third-order valence-electron chi connectivity index (χ3n) is 5.51. The van der Waals surface area contributed by atoms with Crippen LogP contribution in [0.25, 0.3) is 0 Å². The van der Waals surface area contributed by atoms with E-state index in [2.05, 4.69) is 15.6 Å². The summed E-state index contributed by atoms with van der Waals surface area (Å²) in [6, 6.07) is 7.69. The number of guanidine groups is 1. The van der Waals surface area contributed by atoms with Crippen molar-refractivity contribution in [2.45, 2.75) is 25.7 Å². The molecule has 2 N–H and O–H groups in total. The predicted molar refractivity (Wildman–Crippen MR) is 120 cm³/mol. The molecule has 2 aliphatic rings. The minimum absolute atomic E-state index is 0.0241. The summed E-state index contributed by atoms with van der Waals surface area (Å²) in [5.41, 5.74) is 1.89. The number of hydrogen-bond acceptors (Lipinski definition) is 5. The molecule has 2 aliphatic heterocycles. The monoisotopic (exact) mass is 438 g/mol. The van der Waals surface area contributed by atoms with Crippen LogP contribution in [-0.4, -0.2) is 73.2 Å². The third-order valence-corrected chi connectivity index (χ3v) is 7.28. The number of hydrogen-bond donors (Lipinski definition) is 2. The number of rotatable bonds is 10. The van der Waals surface area contributed by atoms with E-state index in [1.54, 1.807) is 7.05 Å². The Balaban J connectivity index is 1.30. The first kappa shape index (κ1) is 22.8. The second-order valence-corrected chi connectivity index (χ2v) is 9.69. The Morgan fingerprint density at radius 2 is 2.00 bits per heavy atom. The molecule has 0 aliphatic carbocycles. The van der Waals surface area contributed by atoms with Crippen LogP contribution in [0.15, 0.2) is 29.3 Å². The van der Waals surface area contributed by atoms with Crippen LogP contribution in [-0.2, 0) is 25.9 Å². The van der Waals surface area contributed by atoms with Crippen molar-refractivity contribution in [3.63, 3.8) is 0 Å². The summed E-state index contributed by atoms with van der Waals surface area (Å²) < 4.78 is 38.1. The van der Waals surface area contributed by atoms with Crippen molar-refractivity contribution >= 4 is 21.7 Å². The Bertz CT molecular complexity index is 794. The summed E-state index contributed by atoms with van der Waals surface area (Å²) in [6.45, 7) is 4.73. The summed E-state index contributed by atoms with van der Waals surface area (Å²) in [7, 11) is -1.68. The lowest BCUT2D eigenvalue weighted by Crippen LogP contribution is -2.42. The molecule has 0 radical (unpaired) electrons. The van der Waals surface area contributed by atoms with Gasteiger partial charge >= 0.3 is 0 Å². The van der Waals surface area contributed by atoms with Crippen molar-refractivity contribution in [2.24, 2.45) is 10.9 Å². The number of aliphatic imine (C=N–C) groups is 1. The number of fused-ring (bicyclic) bond motifs is 1. The summed E-state index contributed by atoms with van der Waals surface area (Å²) in [4.78, 5) is 4.16. The normalized spacial score (nSPS) is 17.8. The van der Waals surface area contributed by atoms with E-state index in [0.717, 1.165) is 63.3 Å². The lowest BCUT2D eigenvalue weighted by Gasteiger charge is -2.21. The van der Waals surface area contributed by atoms with Gasteiger partial charge in [-0.05, 0) is 43.2 Å². The van der Waals surface area contributed by atoms with E-state index < -0.39 is 10.0 Å². The molecule has 0 amide bonds. The van der Waals surface area contributed by atoms with Crippen molar-refractivity contribution in [1.29, 1.82) is 0 Å². The van der Waals surface area contributed by atoms with Crippen LogP contribution in [0.1, 0.15) is 24.8 Å². The highest BCUT2D eigenvalue weighted by molar-refractivity contribution is 7.92. The average molecular weight is 439 g/mol. The van der Waals surface area contributed by atoms with Gasteiger partial charge in [-0.15, -0.1) is 0 Å². The second kappa shape index (κ2) is 11.5. The van der Waals surface area contributed by atoms with Gasteiger partial charge in [-0.25, -0.2) is 8.42 Å². The van der Waals surface area contributed by atoms with Gasteiger partial charge in [0.1, 0.15) is 0 Å². The van der Waals surface area contributed by atoms with Gasteiger partial charge in [0, 0.05) is 53.1 Å². The minimum Gasteiger partial charge on any atom is -0.381 e. The van der Waals surface area contributed by atoms with Gasteiger partial charge in [0.25, 0.3) is 0 Å². The van der Waals surface area contributed by atoms with E-state index in [4.69, 9.17) is 9.47 Å². The summed E-state index contributed by atoms with van der Waals surface area (Å²) in [6.07, 6.45) is 3.80. The Morgan fingerprint density at radius 1 is 1.23 bits per heavy atom. The van der Waals surface area contributed by atoms with E-state index in [9.17, 15) is 8.42 Å². The highest BCUT2D eigenvalue weighted by atomic mass is 32.2. The van der Waals surface area contributed by atoms with Crippen molar-refractivity contribution in [3.8, 4) is 0 Å². The van der Waals surface area contributed by atoms with Crippen LogP contribution in [0.2, 0.25) is 0 Å². The van der Waals surface area contributed by atoms with Crippen molar-refractivity contribution in [2.75, 3.05) is 63.2 Å². The number of nitrogens with zero attached hydrogens (tertiary/aromatic N) is 2. The van der Waals surface area contributed by atoms with E-state index in [0.29, 0.717) is 31.6 Å². The van der Waals surface area contributed by atoms with E-state index in [1.165, 1.54) is 4.31 Å². The van der Waals surface area contributed by atoms with Crippen molar-refractivity contribution in [1.82, 2.24) is 10.6 Å². The smallest absolute Gasteiger partial charge is 0.236 e. The zero-order valence-electron chi connectivity index (χ0n) is 17.8. The molecule has 1 saturated heterocycles. The van der Waals surface area contributed by atoms with Crippen LogP contribution in [0, 0.1) is 5.92 Å². The Kier molecular flexibility index (Phi) is 8.77. The maximum Gasteiger partial charge on any atom is 0.236 e. The molecule has 0 saturated carbocycles. The maximum atomic E-state index is 12.7. The van der Waals surface area contributed by atoms with E-state index >= 15 is 0 Å². The SMILES string of the molecule is CN=C(NCCCOCC1CCOCC1)NCCS(=O)(=O)N1CCc2ccccc21. The zero-order valence-corrected chi connectivity index (χ0v) is 18.6. The maximum absolute atomic E-state index is 12.7. The van der Waals surface area contributed by atoms with E-state index in [-0.39, 0.29) is 5.75 Å². The first-order chi connectivity index (χ1) is 14.6. The van der Waals surface area contributed by atoms with Crippen LogP contribution in [0.3, 0.4) is 0 Å². The van der Waals surface area contributed by atoms with E-state index in [1.807, 2.05) is 24.3 Å². The minimum atomic E-state index is -3.36. The fourth-order valence-corrected chi connectivity index (χ4v) is 5.20. The Morgan fingerprint density at radius 3 is 2.80 bits per heavy atom. The molecule has 0 aromatic heterocycles. The highest BCUT2D eigenvalue weighted by Crippen LogP contribution is 2.29. The average Bonchev–Trinajstić information content (AvgIpc) is 3.20. The number of ether oxygens (including phenoxy) is 2. The molecule has 30 heavy (non-hydrogen) atoms. The van der Waals surface area contributed by atoms with Gasteiger partial charge in [-0.2, -0.15) is 0 Å². The molecule has 0 bridgehead atoms. The number of nitrogens with one attached hydrogen (secondary N) is 2. The topological polar surface area (TPSA) is 92.3 Å². The summed E-state index contributed by atoms with van der Waals surface area (Å²) in [5, 5.41) is 6.30. The van der Waals surface area contributed by atoms with Crippen LogP contribution in [0.4, 0.5) is 5.69 Å². The van der Waals surface area contributed by atoms with Gasteiger partial charge in [0.05, 0.1) is 11.4 Å². The van der Waals surface area contributed by atoms with Crippen LogP contribution in [0.5, 0.6) is 0 Å². The Hall–Kier alpha value is -1.84. The first-order valence-corrected chi connectivity index (χ1v) is 12.4. The van der Waals surface area contributed by atoms with Gasteiger partial charge in [-0.3, -0.25) is 9.30 Å². The lowest BCUT2D eigenvalue weighted by atomic mass is 10.0. The summed E-state index contributed by atoms with van der Waals surface area (Å²) in [5.74, 6) is 1.25. The molecule has 168 valence electrons. The van der Waals surface area contributed by atoms with Crippen LogP contribution < -0.4 is 14.9 Å². The largest absolute Gasteiger partial charge is 0.381 e. The number of sulfonamides is 1. The quantitative estimate of drug-likeness (QED) is 0.326. The summed E-state index contributed by atoms with van der Waals surface area (Å²) >= 11 is 0. The Labute approximate surface area is 180 Å². The molecule has 3 rings (SSSR count). The molecule has 1 aromatic rings. The molecule has 1 aromatic carbocycles. The predicted octanol–water partition coefficient (Wildman–Crippen LogP) is 1.38. The molecule has 0 spiro atoms. The molecule has 1 fully saturated rings. The molecule has 0 unspecified atom stereocenters. The van der Waals surface area contributed by atoms with Crippen LogP contribution >= 0.6 is 0 Å². The molecule has 0 atom stereocenters. The van der Waals surface area contributed by atoms with Crippen molar-refractivity contribution in [3.05, 3.63) is 29.8 Å². The molecular formula is C21H34N4O4S. The number of para-hydroxylation sites is 1. The molecular weight excluding hydrogens is 404 g/mol. The zero-order chi connectivity index (χ0) is 21.2. The van der Waals surface area contributed by atoms with Crippen molar-refractivity contribution < 1.29 is 17.9 Å². The number of anilines is 1. The molecule has 8 nitrogen and oxygen atoms in total. The van der Waals surface area contributed by atoms with Gasteiger partial charge < -0.3 is 20.1 Å². The fraction of sp³-hybridized carbons (Fsp3) is 0.667. The van der Waals surface area contributed by atoms with Gasteiger partial charge in [0.15, 0.2) is 5.96 Å². The number of benzene rings is 1. The fourth-order valence-electron chi connectivity index (χ4n) is 3.77. The molecule has 2 heterocycles. The first-order valence-electron chi connectivity index (χ1n) is 10.8. The van der Waals surface area contributed by atoms with Gasteiger partial charge in [0.2, 0.25) is 10.0 Å².